The molecule has 0 spiro atoms. The highest BCUT2D eigenvalue weighted by atomic mass is 35.5. The molecular weight excluding hydrogens is 485 g/mol. The molecule has 0 aliphatic heterocycles. The van der Waals surface area contributed by atoms with Crippen LogP contribution in [0.15, 0.2) is 48.5 Å². The predicted octanol–water partition coefficient (Wildman–Crippen LogP) is 4.09. The summed E-state index contributed by atoms with van der Waals surface area (Å²) in [5.41, 5.74) is 1.07. The molecule has 0 aliphatic carbocycles. The summed E-state index contributed by atoms with van der Waals surface area (Å²) < 4.78 is 26.0. The molecular formula is C23H29Cl2N3O4S. The number of carbonyl (C=O) groups is 2. The van der Waals surface area contributed by atoms with E-state index in [0.29, 0.717) is 22.3 Å². The molecule has 10 heteroatoms. The van der Waals surface area contributed by atoms with Crippen molar-refractivity contribution >= 4 is 50.7 Å². The molecule has 0 saturated heterocycles. The van der Waals surface area contributed by atoms with E-state index < -0.39 is 28.5 Å². The Balaban J connectivity index is 2.32. The number of unbranched alkanes of at least 4 members (excludes halogenated alkanes) is 1. The molecule has 2 amide bonds. The van der Waals surface area contributed by atoms with Crippen LogP contribution in [0.5, 0.6) is 0 Å². The second kappa shape index (κ2) is 12.3. The number of hydrogen-bond donors (Lipinski definition) is 1. The second-order valence-corrected chi connectivity index (χ2v) is 10.5. The van der Waals surface area contributed by atoms with E-state index >= 15 is 0 Å². The average molecular weight is 514 g/mol. The smallest absolute Gasteiger partial charge is 0.244 e. The van der Waals surface area contributed by atoms with Gasteiger partial charge in [0, 0.05) is 23.1 Å². The maximum atomic E-state index is 13.4. The van der Waals surface area contributed by atoms with E-state index in [4.69, 9.17) is 23.2 Å². The maximum absolute atomic E-state index is 13.4. The Morgan fingerprint density at radius 3 is 2.06 bits per heavy atom. The van der Waals surface area contributed by atoms with Crippen LogP contribution in [0.2, 0.25) is 10.0 Å². The molecule has 0 saturated carbocycles. The number of nitrogens with zero attached hydrogens (tertiary/aromatic N) is 2. The van der Waals surface area contributed by atoms with Crippen LogP contribution in [0, 0.1) is 0 Å². The summed E-state index contributed by atoms with van der Waals surface area (Å²) >= 11 is 11.9. The van der Waals surface area contributed by atoms with Crippen LogP contribution in [0.4, 0.5) is 5.69 Å². The van der Waals surface area contributed by atoms with E-state index in [1.165, 1.54) is 17.0 Å². The zero-order valence-electron chi connectivity index (χ0n) is 18.9. The lowest BCUT2D eigenvalue weighted by atomic mass is 10.1. The second-order valence-electron chi connectivity index (χ2n) is 7.71. The van der Waals surface area contributed by atoms with Gasteiger partial charge >= 0.3 is 0 Å². The van der Waals surface area contributed by atoms with Gasteiger partial charge in [-0.3, -0.25) is 13.9 Å². The molecule has 0 radical (unpaired) electrons. The molecule has 2 aromatic rings. The fourth-order valence-corrected chi connectivity index (χ4v) is 4.23. The van der Waals surface area contributed by atoms with Crippen molar-refractivity contribution in [2.24, 2.45) is 0 Å². The Labute approximate surface area is 205 Å². The summed E-state index contributed by atoms with van der Waals surface area (Å²) in [5, 5.41) is 3.83. The monoisotopic (exact) mass is 513 g/mol. The lowest BCUT2D eigenvalue weighted by molar-refractivity contribution is -0.139. The van der Waals surface area contributed by atoms with Gasteiger partial charge in [-0.2, -0.15) is 0 Å². The molecule has 0 unspecified atom stereocenters. The van der Waals surface area contributed by atoms with Gasteiger partial charge in [0.1, 0.15) is 12.6 Å². The van der Waals surface area contributed by atoms with Crippen molar-refractivity contribution in [2.75, 3.05) is 23.7 Å². The van der Waals surface area contributed by atoms with E-state index in [1.54, 1.807) is 43.3 Å². The summed E-state index contributed by atoms with van der Waals surface area (Å²) in [6, 6.07) is 12.3. The highest BCUT2D eigenvalue weighted by Crippen LogP contribution is 2.21. The van der Waals surface area contributed by atoms with Gasteiger partial charge in [-0.05, 0) is 55.3 Å². The van der Waals surface area contributed by atoms with Crippen LogP contribution in [-0.4, -0.2) is 50.5 Å². The van der Waals surface area contributed by atoms with Crippen molar-refractivity contribution in [3.8, 4) is 0 Å². The summed E-state index contributed by atoms with van der Waals surface area (Å²) in [6.45, 7) is 3.81. The Morgan fingerprint density at radius 2 is 1.55 bits per heavy atom. The van der Waals surface area contributed by atoms with Gasteiger partial charge in [-0.25, -0.2) is 8.42 Å². The third-order valence-corrected chi connectivity index (χ3v) is 6.70. The molecule has 0 aliphatic rings. The van der Waals surface area contributed by atoms with Gasteiger partial charge in [0.05, 0.1) is 11.9 Å². The number of halogens is 2. The fraction of sp³-hybridized carbons (Fsp3) is 0.391. The van der Waals surface area contributed by atoms with Gasteiger partial charge in [0.2, 0.25) is 21.8 Å². The molecule has 33 heavy (non-hydrogen) atoms. The minimum absolute atomic E-state index is 0.122. The van der Waals surface area contributed by atoms with Crippen LogP contribution in [0.25, 0.3) is 0 Å². The minimum atomic E-state index is -3.78. The maximum Gasteiger partial charge on any atom is 0.244 e. The van der Waals surface area contributed by atoms with Crippen molar-refractivity contribution in [2.45, 2.75) is 39.3 Å². The summed E-state index contributed by atoms with van der Waals surface area (Å²) in [6.07, 6.45) is 2.77. The molecule has 180 valence electrons. The number of benzene rings is 2. The zero-order valence-corrected chi connectivity index (χ0v) is 21.3. The highest BCUT2D eigenvalue weighted by Gasteiger charge is 2.30. The van der Waals surface area contributed by atoms with Crippen LogP contribution >= 0.6 is 23.2 Å². The first-order chi connectivity index (χ1) is 15.5. The van der Waals surface area contributed by atoms with Crippen LogP contribution in [0.1, 0.15) is 32.3 Å². The fourth-order valence-electron chi connectivity index (χ4n) is 3.13. The van der Waals surface area contributed by atoms with Crippen molar-refractivity contribution in [1.82, 2.24) is 10.2 Å². The first-order valence-corrected chi connectivity index (χ1v) is 13.2. The highest BCUT2D eigenvalue weighted by molar-refractivity contribution is 7.92. The number of anilines is 1. The Kier molecular flexibility index (Phi) is 10.0. The summed E-state index contributed by atoms with van der Waals surface area (Å²) in [7, 11) is -3.78. The third-order valence-electron chi connectivity index (χ3n) is 5.06. The molecule has 1 N–H and O–H groups in total. The van der Waals surface area contributed by atoms with E-state index in [0.717, 1.165) is 29.0 Å². The molecule has 0 aromatic heterocycles. The molecule has 2 aromatic carbocycles. The lowest BCUT2D eigenvalue weighted by Crippen LogP contribution is -2.51. The lowest BCUT2D eigenvalue weighted by Gasteiger charge is -2.31. The van der Waals surface area contributed by atoms with E-state index in [2.05, 4.69) is 5.32 Å². The Hall–Kier alpha value is -2.29. The molecule has 7 nitrogen and oxygen atoms in total. The van der Waals surface area contributed by atoms with E-state index in [-0.39, 0.29) is 12.5 Å². The van der Waals surface area contributed by atoms with Gasteiger partial charge < -0.3 is 10.2 Å². The number of hydrogen-bond acceptors (Lipinski definition) is 4. The molecule has 2 rings (SSSR count). The topological polar surface area (TPSA) is 86.8 Å². The summed E-state index contributed by atoms with van der Waals surface area (Å²) in [5.74, 6) is -0.813. The van der Waals surface area contributed by atoms with Gasteiger partial charge in [-0.1, -0.05) is 48.7 Å². The standard InChI is InChI=1S/C23H29Cl2N3O4S/c1-4-5-14-26-23(30)17(2)27(15-18-6-8-19(24)9-7-18)22(29)16-28(33(3,31)32)21-12-10-20(25)11-13-21/h6-13,17H,4-5,14-16H2,1-3H3,(H,26,30)/t17-/m1/s1. The first-order valence-electron chi connectivity index (χ1n) is 10.6. The summed E-state index contributed by atoms with van der Waals surface area (Å²) in [4.78, 5) is 27.5. The molecule has 1 atom stereocenters. The minimum Gasteiger partial charge on any atom is -0.354 e. The number of rotatable bonds is 11. The number of nitrogens with one attached hydrogen (secondary N) is 1. The molecule has 0 fully saturated rings. The van der Waals surface area contributed by atoms with Crippen molar-refractivity contribution in [1.29, 1.82) is 0 Å². The largest absolute Gasteiger partial charge is 0.354 e. The number of sulfonamides is 1. The van der Waals surface area contributed by atoms with Gasteiger partial charge in [0.15, 0.2) is 0 Å². The Bertz CT molecular complexity index is 1040. The van der Waals surface area contributed by atoms with Gasteiger partial charge in [-0.15, -0.1) is 0 Å². The third kappa shape index (κ3) is 8.21. The Morgan fingerprint density at radius 1 is 1.00 bits per heavy atom. The normalized spacial score (nSPS) is 12.2. The molecule has 0 heterocycles. The van der Waals surface area contributed by atoms with Crippen LogP contribution < -0.4 is 9.62 Å². The predicted molar refractivity (Wildman–Crippen MR) is 133 cm³/mol. The number of amides is 2. The molecule has 0 bridgehead atoms. The van der Waals surface area contributed by atoms with Crippen molar-refractivity contribution < 1.29 is 18.0 Å². The van der Waals surface area contributed by atoms with Crippen LogP contribution in [-0.2, 0) is 26.2 Å². The van der Waals surface area contributed by atoms with E-state index in [1.807, 2.05) is 6.92 Å². The first kappa shape index (κ1) is 27.0. The quantitative estimate of drug-likeness (QED) is 0.458. The average Bonchev–Trinajstić information content (AvgIpc) is 2.76. The van der Waals surface area contributed by atoms with Crippen molar-refractivity contribution in [3.05, 3.63) is 64.1 Å². The van der Waals surface area contributed by atoms with Crippen LogP contribution in [0.3, 0.4) is 0 Å². The van der Waals surface area contributed by atoms with E-state index in [9.17, 15) is 18.0 Å². The zero-order chi connectivity index (χ0) is 24.6. The SMILES string of the molecule is CCCCNC(=O)[C@@H](C)N(Cc1ccc(Cl)cc1)C(=O)CN(c1ccc(Cl)cc1)S(C)(=O)=O. The van der Waals surface area contributed by atoms with Crippen molar-refractivity contribution in [3.63, 3.8) is 0 Å². The number of carbonyl (C=O) groups excluding carboxylic acids is 2. The van der Waals surface area contributed by atoms with Gasteiger partial charge in [0.25, 0.3) is 0 Å².